The number of ether oxygens (including phenoxy) is 1. The van der Waals surface area contributed by atoms with Crippen LogP contribution in [0.1, 0.15) is 37.5 Å². The number of rotatable bonds is 2. The molecule has 1 aliphatic carbocycles. The maximum Gasteiger partial charge on any atom is 0.311 e. The first-order valence-electron chi connectivity index (χ1n) is 7.16. The Bertz CT molecular complexity index is 678. The predicted octanol–water partition coefficient (Wildman–Crippen LogP) is 4.03. The zero-order valence-corrected chi connectivity index (χ0v) is 12.3. The monoisotopic (exact) mass is 268 g/mol. The Labute approximate surface area is 119 Å². The van der Waals surface area contributed by atoms with Crippen LogP contribution in [0.4, 0.5) is 0 Å². The second kappa shape index (κ2) is 4.62. The lowest BCUT2D eigenvalue weighted by atomic mass is 9.97. The molecule has 2 aromatic rings. The van der Waals surface area contributed by atoms with Gasteiger partial charge in [0.15, 0.2) is 0 Å². The van der Waals surface area contributed by atoms with Gasteiger partial charge < -0.3 is 4.74 Å². The fraction of sp³-hybridized carbons (Fsp3) is 0.389. The highest BCUT2D eigenvalue weighted by atomic mass is 16.5. The van der Waals surface area contributed by atoms with Crippen molar-refractivity contribution in [3.05, 3.63) is 47.0 Å². The SMILES string of the molecule is CC(C)(C)C(=O)OCc1cc2c3c(cccc3c1)CC2. The molecule has 0 saturated heterocycles. The smallest absolute Gasteiger partial charge is 0.311 e. The summed E-state index contributed by atoms with van der Waals surface area (Å²) in [5.41, 5.74) is 3.47. The van der Waals surface area contributed by atoms with Crippen LogP contribution in [0.15, 0.2) is 30.3 Å². The Balaban J connectivity index is 1.87. The van der Waals surface area contributed by atoms with Gasteiger partial charge in [0, 0.05) is 0 Å². The summed E-state index contributed by atoms with van der Waals surface area (Å²) in [7, 11) is 0. The van der Waals surface area contributed by atoms with Crippen LogP contribution in [0, 0.1) is 5.41 Å². The molecule has 0 heterocycles. The Morgan fingerprint density at radius 3 is 2.65 bits per heavy atom. The first-order chi connectivity index (χ1) is 9.45. The molecule has 0 aliphatic heterocycles. The Hall–Kier alpha value is -1.83. The molecular weight excluding hydrogens is 248 g/mol. The number of hydrogen-bond donors (Lipinski definition) is 0. The Morgan fingerprint density at radius 2 is 1.90 bits per heavy atom. The number of aryl methyl sites for hydroxylation is 2. The van der Waals surface area contributed by atoms with Gasteiger partial charge in [-0.25, -0.2) is 0 Å². The molecule has 3 rings (SSSR count). The second-order valence-corrected chi connectivity index (χ2v) is 6.60. The molecule has 0 aromatic heterocycles. The number of benzene rings is 2. The van der Waals surface area contributed by atoms with Crippen molar-refractivity contribution in [3.63, 3.8) is 0 Å². The molecule has 1 aliphatic rings. The highest BCUT2D eigenvalue weighted by molar-refractivity contribution is 5.91. The topological polar surface area (TPSA) is 26.3 Å². The standard InChI is InChI=1S/C18H20O2/c1-18(2,3)17(19)20-11-12-9-14-6-4-5-13-7-8-15(10-12)16(13)14/h4-6,9-10H,7-8,11H2,1-3H3. The first kappa shape index (κ1) is 13.2. The predicted molar refractivity (Wildman–Crippen MR) is 80.6 cm³/mol. The van der Waals surface area contributed by atoms with E-state index < -0.39 is 5.41 Å². The zero-order valence-electron chi connectivity index (χ0n) is 12.3. The number of hydrogen-bond acceptors (Lipinski definition) is 2. The van der Waals surface area contributed by atoms with Crippen LogP contribution in [0.3, 0.4) is 0 Å². The largest absolute Gasteiger partial charge is 0.460 e. The fourth-order valence-electron chi connectivity index (χ4n) is 2.79. The van der Waals surface area contributed by atoms with E-state index in [1.165, 1.54) is 21.9 Å². The molecule has 0 radical (unpaired) electrons. The molecule has 0 bridgehead atoms. The second-order valence-electron chi connectivity index (χ2n) is 6.60. The minimum atomic E-state index is -0.444. The minimum absolute atomic E-state index is 0.150. The molecule has 2 heteroatoms. The van der Waals surface area contributed by atoms with Crippen molar-refractivity contribution in [2.45, 2.75) is 40.2 Å². The van der Waals surface area contributed by atoms with Crippen molar-refractivity contribution in [3.8, 4) is 0 Å². The lowest BCUT2D eigenvalue weighted by Gasteiger charge is -2.17. The summed E-state index contributed by atoms with van der Waals surface area (Å²) in [6.07, 6.45) is 2.22. The summed E-state index contributed by atoms with van der Waals surface area (Å²) < 4.78 is 5.42. The van der Waals surface area contributed by atoms with Gasteiger partial charge in [0.1, 0.15) is 6.61 Å². The van der Waals surface area contributed by atoms with Gasteiger partial charge in [0.25, 0.3) is 0 Å². The Morgan fingerprint density at radius 1 is 1.15 bits per heavy atom. The van der Waals surface area contributed by atoms with Gasteiger partial charge in [0.2, 0.25) is 0 Å². The van der Waals surface area contributed by atoms with Crippen molar-refractivity contribution in [2.75, 3.05) is 0 Å². The number of carbonyl (C=O) groups is 1. The van der Waals surface area contributed by atoms with E-state index in [4.69, 9.17) is 4.74 Å². The van der Waals surface area contributed by atoms with Crippen molar-refractivity contribution < 1.29 is 9.53 Å². The maximum atomic E-state index is 11.8. The summed E-state index contributed by atoms with van der Waals surface area (Å²) in [5, 5.41) is 2.66. The molecule has 0 fully saturated rings. The van der Waals surface area contributed by atoms with E-state index in [9.17, 15) is 4.79 Å². The molecule has 0 spiro atoms. The van der Waals surface area contributed by atoms with Crippen LogP contribution < -0.4 is 0 Å². The molecule has 20 heavy (non-hydrogen) atoms. The van der Waals surface area contributed by atoms with E-state index in [2.05, 4.69) is 30.3 Å². The van der Waals surface area contributed by atoms with Crippen LogP contribution in [0.5, 0.6) is 0 Å². The van der Waals surface area contributed by atoms with E-state index in [1.807, 2.05) is 20.8 Å². The number of esters is 1. The van der Waals surface area contributed by atoms with Crippen molar-refractivity contribution >= 4 is 16.7 Å². The molecular formula is C18H20O2. The fourth-order valence-corrected chi connectivity index (χ4v) is 2.79. The van der Waals surface area contributed by atoms with E-state index in [0.29, 0.717) is 6.61 Å². The van der Waals surface area contributed by atoms with E-state index >= 15 is 0 Å². The third kappa shape index (κ3) is 2.31. The average molecular weight is 268 g/mol. The normalized spacial score (nSPS) is 13.8. The van der Waals surface area contributed by atoms with Crippen LogP contribution in [-0.2, 0) is 29.0 Å². The van der Waals surface area contributed by atoms with E-state index in [-0.39, 0.29) is 5.97 Å². The van der Waals surface area contributed by atoms with Crippen LogP contribution in [0.25, 0.3) is 10.8 Å². The molecule has 2 aromatic carbocycles. The minimum Gasteiger partial charge on any atom is -0.460 e. The van der Waals surface area contributed by atoms with Crippen LogP contribution in [-0.4, -0.2) is 5.97 Å². The molecule has 0 N–H and O–H groups in total. The summed E-state index contributed by atoms with van der Waals surface area (Å²) in [6, 6.07) is 10.8. The van der Waals surface area contributed by atoms with Crippen molar-refractivity contribution in [1.29, 1.82) is 0 Å². The van der Waals surface area contributed by atoms with Gasteiger partial charge in [-0.15, -0.1) is 0 Å². The van der Waals surface area contributed by atoms with Gasteiger partial charge in [-0.3, -0.25) is 4.79 Å². The van der Waals surface area contributed by atoms with Crippen molar-refractivity contribution in [2.24, 2.45) is 5.41 Å². The third-order valence-corrected chi connectivity index (χ3v) is 3.85. The van der Waals surface area contributed by atoms with E-state index in [1.54, 1.807) is 0 Å². The van der Waals surface area contributed by atoms with Gasteiger partial charge in [-0.2, -0.15) is 0 Å². The lowest BCUT2D eigenvalue weighted by molar-refractivity contribution is -0.154. The third-order valence-electron chi connectivity index (χ3n) is 3.85. The van der Waals surface area contributed by atoms with Crippen molar-refractivity contribution in [1.82, 2.24) is 0 Å². The summed E-state index contributed by atoms with van der Waals surface area (Å²) in [4.78, 5) is 11.8. The molecule has 0 amide bonds. The van der Waals surface area contributed by atoms with E-state index in [0.717, 1.165) is 18.4 Å². The highest BCUT2D eigenvalue weighted by Gasteiger charge is 2.23. The molecule has 0 unspecified atom stereocenters. The van der Waals surface area contributed by atoms with Crippen LogP contribution >= 0.6 is 0 Å². The lowest BCUT2D eigenvalue weighted by Crippen LogP contribution is -2.22. The number of carbonyl (C=O) groups excluding carboxylic acids is 1. The van der Waals surface area contributed by atoms with Crippen LogP contribution in [0.2, 0.25) is 0 Å². The molecule has 104 valence electrons. The van der Waals surface area contributed by atoms with Gasteiger partial charge in [0.05, 0.1) is 5.41 Å². The van der Waals surface area contributed by atoms with Gasteiger partial charge in [-0.1, -0.05) is 24.3 Å². The first-order valence-corrected chi connectivity index (χ1v) is 7.16. The summed E-state index contributed by atoms with van der Waals surface area (Å²) >= 11 is 0. The van der Waals surface area contributed by atoms with Gasteiger partial charge >= 0.3 is 5.97 Å². The quantitative estimate of drug-likeness (QED) is 0.769. The van der Waals surface area contributed by atoms with Gasteiger partial charge in [-0.05, 0) is 67.1 Å². The molecule has 0 saturated carbocycles. The molecule has 2 nitrogen and oxygen atoms in total. The Kier molecular flexibility index (Phi) is 3.04. The summed E-state index contributed by atoms with van der Waals surface area (Å²) in [5.74, 6) is -0.150. The highest BCUT2D eigenvalue weighted by Crippen LogP contribution is 2.32. The summed E-state index contributed by atoms with van der Waals surface area (Å²) in [6.45, 7) is 5.99. The molecule has 0 atom stereocenters. The zero-order chi connectivity index (χ0) is 14.3. The average Bonchev–Trinajstić information content (AvgIpc) is 2.80. The maximum absolute atomic E-state index is 11.8.